The fourth-order valence-corrected chi connectivity index (χ4v) is 2.91. The zero-order valence-electron chi connectivity index (χ0n) is 13.4. The Bertz CT molecular complexity index is 592. The zero-order valence-corrected chi connectivity index (χ0v) is 14.9. The number of rotatable bonds is 5. The summed E-state index contributed by atoms with van der Waals surface area (Å²) in [5.74, 6) is 0. The molecule has 0 unspecified atom stereocenters. The van der Waals surface area contributed by atoms with Crippen molar-refractivity contribution in [1.82, 2.24) is 5.32 Å². The van der Waals surface area contributed by atoms with Crippen LogP contribution in [0.15, 0.2) is 42.5 Å². The molecule has 2 rings (SSSR count). The fourth-order valence-electron chi connectivity index (χ4n) is 2.34. The summed E-state index contributed by atoms with van der Waals surface area (Å²) in [6.45, 7) is 8.47. The zero-order chi connectivity index (χ0) is 16.2. The Kier molecular flexibility index (Phi) is 5.91. The first-order valence-corrected chi connectivity index (χ1v) is 8.35. The highest BCUT2D eigenvalue weighted by molar-refractivity contribution is 6.34. The Hall–Kier alpha value is -1.02. The third-order valence-corrected chi connectivity index (χ3v) is 4.10. The van der Waals surface area contributed by atoms with E-state index in [9.17, 15) is 0 Å². The van der Waals surface area contributed by atoms with Gasteiger partial charge in [-0.05, 0) is 53.3 Å². The number of hydrogen-bond donors (Lipinski definition) is 1. The Balaban J connectivity index is 1.81. The first kappa shape index (κ1) is 17.3. The molecule has 0 saturated heterocycles. The molecular formula is C19H23Cl2N. The van der Waals surface area contributed by atoms with Crippen LogP contribution in [0.1, 0.15) is 37.5 Å². The third-order valence-electron chi connectivity index (χ3n) is 3.66. The van der Waals surface area contributed by atoms with Crippen LogP contribution in [0.2, 0.25) is 10.0 Å². The number of benzene rings is 2. The van der Waals surface area contributed by atoms with Crippen LogP contribution < -0.4 is 5.32 Å². The Labute approximate surface area is 143 Å². The van der Waals surface area contributed by atoms with E-state index in [-0.39, 0.29) is 5.41 Å². The van der Waals surface area contributed by atoms with Crippen molar-refractivity contribution in [3.63, 3.8) is 0 Å². The van der Waals surface area contributed by atoms with Gasteiger partial charge >= 0.3 is 0 Å². The Morgan fingerprint density at radius 3 is 2.00 bits per heavy atom. The average molecular weight is 336 g/mol. The van der Waals surface area contributed by atoms with E-state index in [2.05, 4.69) is 50.4 Å². The second-order valence-corrected chi connectivity index (χ2v) is 7.52. The van der Waals surface area contributed by atoms with Crippen LogP contribution in [0.4, 0.5) is 0 Å². The van der Waals surface area contributed by atoms with E-state index in [0.717, 1.165) is 25.1 Å². The molecule has 0 atom stereocenters. The van der Waals surface area contributed by atoms with E-state index < -0.39 is 0 Å². The van der Waals surface area contributed by atoms with Crippen LogP contribution in [0, 0.1) is 0 Å². The van der Waals surface area contributed by atoms with Crippen LogP contribution in [0.5, 0.6) is 0 Å². The lowest BCUT2D eigenvalue weighted by Gasteiger charge is -2.19. The molecule has 0 aliphatic heterocycles. The van der Waals surface area contributed by atoms with Gasteiger partial charge in [0.05, 0.1) is 0 Å². The van der Waals surface area contributed by atoms with E-state index in [1.54, 1.807) is 6.07 Å². The lowest BCUT2D eigenvalue weighted by atomic mass is 9.87. The van der Waals surface area contributed by atoms with E-state index in [4.69, 9.17) is 23.2 Å². The molecule has 118 valence electrons. The van der Waals surface area contributed by atoms with Gasteiger partial charge in [0.15, 0.2) is 0 Å². The second kappa shape index (κ2) is 7.50. The minimum Gasteiger partial charge on any atom is -0.312 e. The minimum atomic E-state index is 0.206. The smallest absolute Gasteiger partial charge is 0.0423 e. The largest absolute Gasteiger partial charge is 0.312 e. The summed E-state index contributed by atoms with van der Waals surface area (Å²) in [7, 11) is 0. The monoisotopic (exact) mass is 335 g/mol. The van der Waals surface area contributed by atoms with Crippen LogP contribution in [-0.2, 0) is 18.4 Å². The van der Waals surface area contributed by atoms with E-state index in [0.29, 0.717) is 10.0 Å². The highest BCUT2D eigenvalue weighted by atomic mass is 35.5. The molecule has 0 amide bonds. The van der Waals surface area contributed by atoms with Gasteiger partial charge in [0.1, 0.15) is 0 Å². The van der Waals surface area contributed by atoms with E-state index in [1.165, 1.54) is 11.1 Å². The van der Waals surface area contributed by atoms with Crippen LogP contribution in [0.25, 0.3) is 0 Å². The van der Waals surface area contributed by atoms with Gasteiger partial charge in [0.2, 0.25) is 0 Å². The van der Waals surface area contributed by atoms with Gasteiger partial charge in [-0.25, -0.2) is 0 Å². The SMILES string of the molecule is CC(C)(C)c1ccc(CNCCc2cc(Cl)cc(Cl)c2)cc1. The molecule has 1 nitrogen and oxygen atoms in total. The normalized spacial score (nSPS) is 11.7. The maximum absolute atomic E-state index is 6.01. The summed E-state index contributed by atoms with van der Waals surface area (Å²) >= 11 is 12.0. The maximum atomic E-state index is 6.01. The van der Waals surface area contributed by atoms with Crippen molar-refractivity contribution < 1.29 is 0 Å². The predicted molar refractivity (Wildman–Crippen MR) is 97.0 cm³/mol. The van der Waals surface area contributed by atoms with Gasteiger partial charge in [-0.3, -0.25) is 0 Å². The Morgan fingerprint density at radius 2 is 1.45 bits per heavy atom. The molecule has 0 bridgehead atoms. The van der Waals surface area contributed by atoms with Crippen molar-refractivity contribution in [2.24, 2.45) is 0 Å². The lowest BCUT2D eigenvalue weighted by molar-refractivity contribution is 0.589. The van der Waals surface area contributed by atoms with E-state index in [1.807, 2.05) is 12.1 Å². The summed E-state index contributed by atoms with van der Waals surface area (Å²) in [5.41, 5.74) is 4.03. The van der Waals surface area contributed by atoms with Crippen molar-refractivity contribution in [2.75, 3.05) is 6.54 Å². The maximum Gasteiger partial charge on any atom is 0.0423 e. The highest BCUT2D eigenvalue weighted by Gasteiger charge is 2.12. The molecule has 0 heterocycles. The lowest BCUT2D eigenvalue weighted by Crippen LogP contribution is -2.17. The second-order valence-electron chi connectivity index (χ2n) is 6.65. The van der Waals surface area contributed by atoms with E-state index >= 15 is 0 Å². The molecule has 2 aromatic rings. The van der Waals surface area contributed by atoms with Crippen LogP contribution in [-0.4, -0.2) is 6.54 Å². The molecule has 0 aliphatic rings. The van der Waals surface area contributed by atoms with Gasteiger partial charge in [-0.15, -0.1) is 0 Å². The average Bonchev–Trinajstić information content (AvgIpc) is 2.42. The predicted octanol–water partition coefficient (Wildman–Crippen LogP) is 5.62. The topological polar surface area (TPSA) is 12.0 Å². The summed E-state index contributed by atoms with van der Waals surface area (Å²) < 4.78 is 0. The van der Waals surface area contributed by atoms with Crippen molar-refractivity contribution in [2.45, 2.75) is 39.2 Å². The molecule has 1 N–H and O–H groups in total. The quantitative estimate of drug-likeness (QED) is 0.699. The summed E-state index contributed by atoms with van der Waals surface area (Å²) in [6, 6.07) is 14.5. The Morgan fingerprint density at radius 1 is 0.864 bits per heavy atom. The first-order chi connectivity index (χ1) is 10.3. The molecule has 0 fully saturated rings. The molecule has 22 heavy (non-hydrogen) atoms. The van der Waals surface area contributed by atoms with Gasteiger partial charge in [-0.2, -0.15) is 0 Å². The molecule has 3 heteroatoms. The summed E-state index contributed by atoms with van der Waals surface area (Å²) in [5, 5.41) is 4.85. The van der Waals surface area contributed by atoms with Crippen molar-refractivity contribution >= 4 is 23.2 Å². The van der Waals surface area contributed by atoms with Crippen molar-refractivity contribution in [3.05, 3.63) is 69.2 Å². The molecule has 0 aliphatic carbocycles. The number of halogens is 2. The van der Waals surface area contributed by atoms with Crippen LogP contribution >= 0.6 is 23.2 Å². The summed E-state index contributed by atoms with van der Waals surface area (Å²) in [4.78, 5) is 0. The molecule has 0 spiro atoms. The number of hydrogen-bond acceptors (Lipinski definition) is 1. The molecule has 0 radical (unpaired) electrons. The highest BCUT2D eigenvalue weighted by Crippen LogP contribution is 2.22. The molecule has 0 aromatic heterocycles. The molecule has 0 saturated carbocycles. The van der Waals surface area contributed by atoms with Gasteiger partial charge in [0, 0.05) is 16.6 Å². The third kappa shape index (κ3) is 5.31. The van der Waals surface area contributed by atoms with Crippen LogP contribution in [0.3, 0.4) is 0 Å². The van der Waals surface area contributed by atoms with Crippen molar-refractivity contribution in [1.29, 1.82) is 0 Å². The van der Waals surface area contributed by atoms with Gasteiger partial charge in [0.25, 0.3) is 0 Å². The summed E-state index contributed by atoms with van der Waals surface area (Å²) in [6.07, 6.45) is 0.917. The minimum absolute atomic E-state index is 0.206. The molecular weight excluding hydrogens is 313 g/mol. The first-order valence-electron chi connectivity index (χ1n) is 7.60. The molecule has 2 aromatic carbocycles. The fraction of sp³-hybridized carbons (Fsp3) is 0.368. The standard InChI is InChI=1S/C19H23Cl2N/c1-19(2,3)16-6-4-14(5-7-16)13-22-9-8-15-10-17(20)12-18(21)11-15/h4-7,10-12,22H,8-9,13H2,1-3H3. The van der Waals surface area contributed by atoms with Gasteiger partial charge in [-0.1, -0.05) is 68.2 Å². The van der Waals surface area contributed by atoms with Gasteiger partial charge < -0.3 is 5.32 Å². The number of nitrogens with one attached hydrogen (secondary N) is 1. The van der Waals surface area contributed by atoms with Crippen molar-refractivity contribution in [3.8, 4) is 0 Å².